The fourth-order valence-electron chi connectivity index (χ4n) is 2.90. The quantitative estimate of drug-likeness (QED) is 0.856. The summed E-state index contributed by atoms with van der Waals surface area (Å²) < 4.78 is 0. The number of carbonyl (C=O) groups is 3. The Bertz CT molecular complexity index is 655. The largest absolute Gasteiger partial charge is 0.481 e. The van der Waals surface area contributed by atoms with Crippen LogP contribution in [0.3, 0.4) is 0 Å². The monoisotopic (exact) mass is 347 g/mol. The number of hydrogen-bond acceptors (Lipinski definition) is 3. The second-order valence-electron chi connectivity index (χ2n) is 6.52. The van der Waals surface area contributed by atoms with Crippen molar-refractivity contribution in [3.63, 3.8) is 0 Å². The summed E-state index contributed by atoms with van der Waals surface area (Å²) >= 11 is 0. The maximum atomic E-state index is 12.3. The predicted octanol–water partition coefficient (Wildman–Crippen LogP) is 2.50. The van der Waals surface area contributed by atoms with E-state index in [0.29, 0.717) is 37.3 Å². The first-order valence-electron chi connectivity index (χ1n) is 8.49. The molecule has 136 valence electrons. The molecule has 7 heteroatoms. The second kappa shape index (κ2) is 7.55. The zero-order valence-corrected chi connectivity index (χ0v) is 14.9. The minimum atomic E-state index is -0.891. The Morgan fingerprint density at radius 3 is 2.28 bits per heavy atom. The minimum absolute atomic E-state index is 0.0420. The second-order valence-corrected chi connectivity index (χ2v) is 6.52. The molecule has 3 amide bonds. The predicted molar refractivity (Wildman–Crippen MR) is 94.6 cm³/mol. The molecule has 25 heavy (non-hydrogen) atoms. The molecule has 0 aromatic heterocycles. The molecule has 1 atom stereocenters. The first-order chi connectivity index (χ1) is 11.8. The van der Waals surface area contributed by atoms with Gasteiger partial charge in [-0.05, 0) is 51.5 Å². The molecule has 1 aliphatic heterocycles. The molecule has 1 fully saturated rings. The number of hydrogen-bond donors (Lipinski definition) is 2. The van der Waals surface area contributed by atoms with Crippen molar-refractivity contribution in [2.24, 2.45) is 5.41 Å². The first-order valence-corrected chi connectivity index (χ1v) is 8.49. The highest BCUT2D eigenvalue weighted by Crippen LogP contribution is 2.30. The molecule has 1 aliphatic rings. The molecule has 1 heterocycles. The third kappa shape index (κ3) is 4.10. The van der Waals surface area contributed by atoms with E-state index in [1.165, 1.54) is 4.90 Å². The standard InChI is InChI=1S/C18H25N3O4/c1-4-20(5-2)15(22)13-6-8-14(9-7-13)19-17(25)21-11-10-18(3,12-21)16(23)24/h6-9H,4-5,10-12H2,1-3H3,(H,19,25)(H,23,24). The summed E-state index contributed by atoms with van der Waals surface area (Å²) in [5, 5.41) is 12.0. The number of carbonyl (C=O) groups excluding carboxylic acids is 2. The maximum Gasteiger partial charge on any atom is 0.321 e. The van der Waals surface area contributed by atoms with Crippen molar-refractivity contribution in [2.45, 2.75) is 27.2 Å². The van der Waals surface area contributed by atoms with Crippen LogP contribution in [0.5, 0.6) is 0 Å². The number of aliphatic carboxylic acids is 1. The van der Waals surface area contributed by atoms with E-state index in [-0.39, 0.29) is 18.5 Å². The summed E-state index contributed by atoms with van der Waals surface area (Å²) in [5.74, 6) is -0.929. The Kier molecular flexibility index (Phi) is 5.66. The van der Waals surface area contributed by atoms with Crippen molar-refractivity contribution in [3.8, 4) is 0 Å². The van der Waals surface area contributed by atoms with Crippen LogP contribution >= 0.6 is 0 Å². The van der Waals surface area contributed by atoms with Crippen LogP contribution in [0.15, 0.2) is 24.3 Å². The Morgan fingerprint density at radius 2 is 1.80 bits per heavy atom. The lowest BCUT2D eigenvalue weighted by atomic mass is 9.90. The van der Waals surface area contributed by atoms with Crippen molar-refractivity contribution < 1.29 is 19.5 Å². The summed E-state index contributed by atoms with van der Waals surface area (Å²) in [6.45, 7) is 7.39. The summed E-state index contributed by atoms with van der Waals surface area (Å²) in [4.78, 5) is 39.0. The first kappa shape index (κ1) is 18.8. The van der Waals surface area contributed by atoms with Crippen molar-refractivity contribution in [1.29, 1.82) is 0 Å². The molecular weight excluding hydrogens is 322 g/mol. The van der Waals surface area contributed by atoms with Gasteiger partial charge in [0.15, 0.2) is 0 Å². The molecule has 2 rings (SSSR count). The van der Waals surface area contributed by atoms with Gasteiger partial charge in [-0.2, -0.15) is 0 Å². The number of carboxylic acids is 1. The van der Waals surface area contributed by atoms with Crippen LogP contribution < -0.4 is 5.32 Å². The average Bonchev–Trinajstić information content (AvgIpc) is 3.00. The van der Waals surface area contributed by atoms with Crippen LogP contribution in [-0.2, 0) is 4.79 Å². The molecule has 1 unspecified atom stereocenters. The van der Waals surface area contributed by atoms with Gasteiger partial charge in [-0.1, -0.05) is 0 Å². The number of nitrogens with one attached hydrogen (secondary N) is 1. The topological polar surface area (TPSA) is 90.0 Å². The number of rotatable bonds is 5. The highest BCUT2D eigenvalue weighted by atomic mass is 16.4. The van der Waals surface area contributed by atoms with Crippen LogP contribution in [0.4, 0.5) is 10.5 Å². The van der Waals surface area contributed by atoms with Crippen molar-refractivity contribution in [1.82, 2.24) is 9.80 Å². The van der Waals surface area contributed by atoms with Crippen LogP contribution in [-0.4, -0.2) is 59.0 Å². The molecule has 0 spiro atoms. The van der Waals surface area contributed by atoms with Crippen LogP contribution in [0, 0.1) is 5.41 Å². The highest BCUT2D eigenvalue weighted by molar-refractivity contribution is 5.95. The zero-order valence-electron chi connectivity index (χ0n) is 14.9. The number of benzene rings is 1. The van der Waals surface area contributed by atoms with Gasteiger partial charge >= 0.3 is 12.0 Å². The van der Waals surface area contributed by atoms with E-state index in [9.17, 15) is 19.5 Å². The Morgan fingerprint density at radius 1 is 1.20 bits per heavy atom. The van der Waals surface area contributed by atoms with E-state index >= 15 is 0 Å². The fourth-order valence-corrected chi connectivity index (χ4v) is 2.90. The molecule has 1 saturated heterocycles. The van der Waals surface area contributed by atoms with E-state index in [1.54, 1.807) is 36.1 Å². The third-order valence-corrected chi connectivity index (χ3v) is 4.71. The number of carboxylic acid groups (broad SMARTS) is 1. The number of nitrogens with zero attached hydrogens (tertiary/aromatic N) is 2. The Labute approximate surface area is 147 Å². The zero-order chi connectivity index (χ0) is 18.6. The molecule has 1 aromatic carbocycles. The van der Waals surface area contributed by atoms with Gasteiger partial charge in [-0.15, -0.1) is 0 Å². The van der Waals surface area contributed by atoms with Gasteiger partial charge in [0, 0.05) is 37.4 Å². The molecule has 0 radical (unpaired) electrons. The van der Waals surface area contributed by atoms with Gasteiger partial charge in [-0.3, -0.25) is 9.59 Å². The molecule has 2 N–H and O–H groups in total. The molecule has 7 nitrogen and oxygen atoms in total. The molecule has 0 aliphatic carbocycles. The van der Waals surface area contributed by atoms with E-state index < -0.39 is 11.4 Å². The number of urea groups is 1. The smallest absolute Gasteiger partial charge is 0.321 e. The number of amides is 3. The molecule has 0 saturated carbocycles. The van der Waals surface area contributed by atoms with Crippen molar-refractivity contribution >= 4 is 23.6 Å². The number of anilines is 1. The van der Waals surface area contributed by atoms with Gasteiger partial charge in [0.25, 0.3) is 5.91 Å². The van der Waals surface area contributed by atoms with E-state index in [0.717, 1.165) is 0 Å². The van der Waals surface area contributed by atoms with Crippen molar-refractivity contribution in [2.75, 3.05) is 31.5 Å². The normalized spacial score (nSPS) is 19.6. The lowest BCUT2D eigenvalue weighted by Gasteiger charge is -2.21. The maximum absolute atomic E-state index is 12.3. The summed E-state index contributed by atoms with van der Waals surface area (Å²) in [7, 11) is 0. The summed E-state index contributed by atoms with van der Waals surface area (Å²) in [6.07, 6.45) is 0.438. The lowest BCUT2D eigenvalue weighted by molar-refractivity contribution is -0.146. The van der Waals surface area contributed by atoms with Crippen molar-refractivity contribution in [3.05, 3.63) is 29.8 Å². The number of likely N-dealkylation sites (tertiary alicyclic amines) is 1. The van der Waals surface area contributed by atoms with Gasteiger partial charge in [-0.25, -0.2) is 4.79 Å². The fraction of sp³-hybridized carbons (Fsp3) is 0.500. The van der Waals surface area contributed by atoms with E-state index in [2.05, 4.69) is 5.32 Å². The molecular formula is C18H25N3O4. The van der Waals surface area contributed by atoms with Gasteiger partial charge in [0.2, 0.25) is 0 Å². The minimum Gasteiger partial charge on any atom is -0.481 e. The van der Waals surface area contributed by atoms with Gasteiger partial charge in [0.1, 0.15) is 0 Å². The average molecular weight is 347 g/mol. The Hall–Kier alpha value is -2.57. The lowest BCUT2D eigenvalue weighted by Crippen LogP contribution is -2.37. The van der Waals surface area contributed by atoms with Crippen LogP contribution in [0.25, 0.3) is 0 Å². The third-order valence-electron chi connectivity index (χ3n) is 4.71. The van der Waals surface area contributed by atoms with Gasteiger partial charge in [0.05, 0.1) is 5.41 Å². The SMILES string of the molecule is CCN(CC)C(=O)c1ccc(NC(=O)N2CCC(C)(C(=O)O)C2)cc1. The molecule has 1 aromatic rings. The van der Waals surface area contributed by atoms with E-state index in [1.807, 2.05) is 13.8 Å². The van der Waals surface area contributed by atoms with Gasteiger partial charge < -0.3 is 20.2 Å². The molecule has 0 bridgehead atoms. The van der Waals surface area contributed by atoms with E-state index in [4.69, 9.17) is 0 Å². The Balaban J connectivity index is 1.99. The summed E-state index contributed by atoms with van der Waals surface area (Å²) in [5.41, 5.74) is 0.253. The van der Waals surface area contributed by atoms with Crippen LogP contribution in [0.1, 0.15) is 37.6 Å². The highest BCUT2D eigenvalue weighted by Gasteiger charge is 2.42. The van der Waals surface area contributed by atoms with Crippen LogP contribution in [0.2, 0.25) is 0 Å². The summed E-state index contributed by atoms with van der Waals surface area (Å²) in [6, 6.07) is 6.40.